The van der Waals surface area contributed by atoms with Crippen LogP contribution in [-0.2, 0) is 9.53 Å². The van der Waals surface area contributed by atoms with Gasteiger partial charge in [0, 0.05) is 6.42 Å². The maximum Gasteiger partial charge on any atom is 0.155 e. The van der Waals surface area contributed by atoms with Gasteiger partial charge in [-0.3, -0.25) is 4.79 Å². The van der Waals surface area contributed by atoms with Gasteiger partial charge in [0.25, 0.3) is 0 Å². The van der Waals surface area contributed by atoms with E-state index in [0.717, 1.165) is 19.3 Å². The van der Waals surface area contributed by atoms with Crippen LogP contribution in [0.5, 0.6) is 0 Å². The lowest BCUT2D eigenvalue weighted by Crippen LogP contribution is -2.20. The number of ether oxygens (including phenoxy) is 1. The molecule has 2 aliphatic rings. The van der Waals surface area contributed by atoms with Gasteiger partial charge in [0.15, 0.2) is 5.78 Å². The van der Waals surface area contributed by atoms with E-state index in [0.29, 0.717) is 12.5 Å². The fourth-order valence-electron chi connectivity index (χ4n) is 2.28. The Labute approximate surface area is 91.7 Å². The summed E-state index contributed by atoms with van der Waals surface area (Å²) in [6.07, 6.45) is 8.22. The maximum atomic E-state index is 11.1. The van der Waals surface area contributed by atoms with E-state index in [9.17, 15) is 4.79 Å². The molecule has 1 aliphatic heterocycles. The fourth-order valence-corrected chi connectivity index (χ4v) is 2.28. The summed E-state index contributed by atoms with van der Waals surface area (Å²) in [6, 6.07) is 0. The second-order valence-electron chi connectivity index (χ2n) is 5.70. The molecule has 2 nitrogen and oxygen atoms in total. The summed E-state index contributed by atoms with van der Waals surface area (Å²) in [4.78, 5) is 11.1. The summed E-state index contributed by atoms with van der Waals surface area (Å²) in [6.45, 7) is 6.52. The molecule has 0 spiro atoms. The van der Waals surface area contributed by atoms with Gasteiger partial charge in [0.05, 0.1) is 11.7 Å². The molecule has 1 saturated heterocycles. The zero-order chi connectivity index (χ0) is 11.1. The molecule has 15 heavy (non-hydrogen) atoms. The topological polar surface area (TPSA) is 29.6 Å². The van der Waals surface area contributed by atoms with Crippen molar-refractivity contribution >= 4 is 5.78 Å². The predicted octanol–water partition coefficient (Wildman–Crippen LogP) is 2.87. The van der Waals surface area contributed by atoms with Crippen LogP contribution >= 0.6 is 0 Å². The normalized spacial score (nSPS) is 38.1. The van der Waals surface area contributed by atoms with E-state index < -0.39 is 0 Å². The summed E-state index contributed by atoms with van der Waals surface area (Å²) in [5.74, 6) is 0.274. The number of ketones is 1. The highest BCUT2D eigenvalue weighted by Gasteiger charge is 2.47. The van der Waals surface area contributed by atoms with Gasteiger partial charge in [-0.15, -0.1) is 0 Å². The van der Waals surface area contributed by atoms with Gasteiger partial charge in [-0.05, 0) is 44.6 Å². The van der Waals surface area contributed by atoms with Crippen LogP contribution in [0.4, 0.5) is 0 Å². The molecule has 0 aromatic carbocycles. The third-order valence-electron chi connectivity index (χ3n) is 3.76. The van der Waals surface area contributed by atoms with Gasteiger partial charge < -0.3 is 4.74 Å². The Bertz CT molecular complexity index is 304. The van der Waals surface area contributed by atoms with Crippen molar-refractivity contribution < 1.29 is 9.53 Å². The smallest absolute Gasteiger partial charge is 0.155 e. The van der Waals surface area contributed by atoms with Crippen molar-refractivity contribution in [3.05, 3.63) is 12.2 Å². The van der Waals surface area contributed by atoms with E-state index in [2.05, 4.69) is 26.8 Å². The van der Waals surface area contributed by atoms with Gasteiger partial charge in [-0.2, -0.15) is 0 Å². The Morgan fingerprint density at radius 2 is 2.13 bits per heavy atom. The van der Waals surface area contributed by atoms with Crippen molar-refractivity contribution in [2.45, 2.75) is 58.2 Å². The third kappa shape index (κ3) is 2.49. The van der Waals surface area contributed by atoms with E-state index in [4.69, 9.17) is 4.74 Å². The summed E-state index contributed by atoms with van der Waals surface area (Å²) in [5, 5.41) is 0. The van der Waals surface area contributed by atoms with Crippen LogP contribution in [0.3, 0.4) is 0 Å². The Morgan fingerprint density at radius 1 is 1.47 bits per heavy atom. The van der Waals surface area contributed by atoms with Crippen molar-refractivity contribution in [1.82, 2.24) is 0 Å². The largest absolute Gasteiger partial charge is 0.367 e. The molecule has 2 rings (SSSR count). The summed E-state index contributed by atoms with van der Waals surface area (Å²) < 4.78 is 5.57. The molecule has 2 heteroatoms. The van der Waals surface area contributed by atoms with Gasteiger partial charge in [0.1, 0.15) is 0 Å². The monoisotopic (exact) mass is 208 g/mol. The predicted molar refractivity (Wildman–Crippen MR) is 59.7 cm³/mol. The molecule has 1 heterocycles. The maximum absolute atomic E-state index is 11.1. The highest BCUT2D eigenvalue weighted by Crippen LogP contribution is 2.42. The molecule has 0 aromatic heterocycles. The molecule has 0 radical (unpaired) electrons. The first-order valence-corrected chi connectivity index (χ1v) is 5.81. The van der Waals surface area contributed by atoms with Gasteiger partial charge in [-0.25, -0.2) is 0 Å². The number of rotatable bonds is 3. The van der Waals surface area contributed by atoms with Crippen molar-refractivity contribution in [1.29, 1.82) is 0 Å². The zero-order valence-electron chi connectivity index (χ0n) is 9.88. The SMILES string of the molecule is CC1(CCC2OC2(C)C)C=CC(=O)CC1. The van der Waals surface area contributed by atoms with Crippen LogP contribution in [0.2, 0.25) is 0 Å². The molecular weight excluding hydrogens is 188 g/mol. The summed E-state index contributed by atoms with van der Waals surface area (Å²) in [7, 11) is 0. The molecular formula is C13H20O2. The molecule has 0 amide bonds. The van der Waals surface area contributed by atoms with E-state index in [-0.39, 0.29) is 16.8 Å². The number of carbonyl (C=O) groups is 1. The summed E-state index contributed by atoms with van der Waals surface area (Å²) >= 11 is 0. The van der Waals surface area contributed by atoms with Gasteiger partial charge in [-0.1, -0.05) is 13.0 Å². The van der Waals surface area contributed by atoms with Crippen molar-refractivity contribution in [3.8, 4) is 0 Å². The molecule has 1 fully saturated rings. The molecule has 1 aliphatic carbocycles. The highest BCUT2D eigenvalue weighted by atomic mass is 16.6. The number of allylic oxidation sites excluding steroid dienone is 2. The van der Waals surface area contributed by atoms with Crippen LogP contribution in [0.1, 0.15) is 46.5 Å². The summed E-state index contributed by atoms with van der Waals surface area (Å²) in [5.41, 5.74) is 0.320. The first-order chi connectivity index (χ1) is 6.91. The molecule has 0 aromatic rings. The minimum absolute atomic E-state index is 0.102. The fraction of sp³-hybridized carbons (Fsp3) is 0.769. The average Bonchev–Trinajstić information content (AvgIpc) is 2.77. The third-order valence-corrected chi connectivity index (χ3v) is 3.76. The molecule has 84 valence electrons. The lowest BCUT2D eigenvalue weighted by Gasteiger charge is -2.28. The van der Waals surface area contributed by atoms with E-state index in [1.807, 2.05) is 0 Å². The van der Waals surface area contributed by atoms with Gasteiger partial charge in [0.2, 0.25) is 0 Å². The number of hydrogen-bond acceptors (Lipinski definition) is 2. The lowest BCUT2D eigenvalue weighted by atomic mass is 9.76. The first kappa shape index (κ1) is 10.9. The Hall–Kier alpha value is -0.630. The Kier molecular flexibility index (Phi) is 2.50. The number of epoxide rings is 1. The number of carbonyl (C=O) groups excluding carboxylic acids is 1. The van der Waals surface area contributed by atoms with Crippen molar-refractivity contribution in [2.24, 2.45) is 5.41 Å². The van der Waals surface area contributed by atoms with Crippen LogP contribution in [0.15, 0.2) is 12.2 Å². The molecule has 2 unspecified atom stereocenters. The Balaban J connectivity index is 1.84. The van der Waals surface area contributed by atoms with Crippen LogP contribution in [0, 0.1) is 5.41 Å². The van der Waals surface area contributed by atoms with Crippen LogP contribution in [-0.4, -0.2) is 17.5 Å². The standard InChI is InChI=1S/C13H20O2/c1-12(2)11(15-12)6-9-13(3)7-4-10(14)5-8-13/h4,7,11H,5-6,8-9H2,1-3H3. The first-order valence-electron chi connectivity index (χ1n) is 5.81. The second kappa shape index (κ2) is 3.44. The molecule has 2 atom stereocenters. The highest BCUT2D eigenvalue weighted by molar-refractivity contribution is 5.90. The zero-order valence-corrected chi connectivity index (χ0v) is 9.88. The average molecular weight is 208 g/mol. The van der Waals surface area contributed by atoms with E-state index in [1.54, 1.807) is 6.08 Å². The minimum Gasteiger partial charge on any atom is -0.367 e. The molecule has 0 bridgehead atoms. The van der Waals surface area contributed by atoms with Crippen molar-refractivity contribution in [3.63, 3.8) is 0 Å². The molecule has 0 N–H and O–H groups in total. The Morgan fingerprint density at radius 3 is 2.60 bits per heavy atom. The molecule has 0 saturated carbocycles. The minimum atomic E-state index is 0.102. The van der Waals surface area contributed by atoms with Crippen LogP contribution < -0.4 is 0 Å². The second-order valence-corrected chi connectivity index (χ2v) is 5.70. The number of hydrogen-bond donors (Lipinski definition) is 0. The van der Waals surface area contributed by atoms with Crippen molar-refractivity contribution in [2.75, 3.05) is 0 Å². The quantitative estimate of drug-likeness (QED) is 0.667. The van der Waals surface area contributed by atoms with Crippen LogP contribution in [0.25, 0.3) is 0 Å². The lowest BCUT2D eigenvalue weighted by molar-refractivity contribution is -0.115. The van der Waals surface area contributed by atoms with E-state index >= 15 is 0 Å². The van der Waals surface area contributed by atoms with Gasteiger partial charge >= 0.3 is 0 Å². The van der Waals surface area contributed by atoms with E-state index in [1.165, 1.54) is 0 Å².